The Kier molecular flexibility index (Phi) is 10.6. The van der Waals surface area contributed by atoms with Crippen LogP contribution < -0.4 is 0 Å². The zero-order valence-electron chi connectivity index (χ0n) is 23.7. The van der Waals surface area contributed by atoms with Crippen LogP contribution in [0.15, 0.2) is 54.6 Å². The first-order valence-electron chi connectivity index (χ1n) is 15.1. The van der Waals surface area contributed by atoms with Crippen LogP contribution in [0.1, 0.15) is 101 Å². The molecule has 0 atom stereocenters. The van der Waals surface area contributed by atoms with E-state index in [1.807, 2.05) is 0 Å². The fourth-order valence-electron chi connectivity index (χ4n) is 6.73. The second-order valence-electron chi connectivity index (χ2n) is 12.1. The van der Waals surface area contributed by atoms with Crippen LogP contribution in [0, 0.1) is 17.8 Å². The zero-order valence-corrected chi connectivity index (χ0v) is 23.7. The average molecular weight is 517 g/mol. The van der Waals surface area contributed by atoms with Gasteiger partial charge in [0.15, 0.2) is 0 Å². The summed E-state index contributed by atoms with van der Waals surface area (Å²) in [6.45, 7) is 8.34. The molecule has 0 heterocycles. The van der Waals surface area contributed by atoms with Crippen LogP contribution in [-0.2, 0) is 22.4 Å². The SMILES string of the molecule is C=C(C)C(=O)OCCCc1cc(-c2ccc(C3CCC(C4CCC(C)CC4)CC3)cc2)ccc1CCCO. The first-order chi connectivity index (χ1) is 18.4. The van der Waals surface area contributed by atoms with E-state index < -0.39 is 0 Å². The van der Waals surface area contributed by atoms with Crippen molar-refractivity contribution in [3.63, 3.8) is 0 Å². The zero-order chi connectivity index (χ0) is 26.9. The second kappa shape index (κ2) is 14.1. The van der Waals surface area contributed by atoms with Gasteiger partial charge in [0.2, 0.25) is 0 Å². The van der Waals surface area contributed by atoms with Gasteiger partial charge >= 0.3 is 5.97 Å². The summed E-state index contributed by atoms with van der Waals surface area (Å²) in [4.78, 5) is 11.7. The molecule has 2 aromatic rings. The molecule has 2 aromatic carbocycles. The fraction of sp³-hybridized carbons (Fsp3) is 0.571. The van der Waals surface area contributed by atoms with Crippen LogP contribution in [0.5, 0.6) is 0 Å². The smallest absolute Gasteiger partial charge is 0.333 e. The molecule has 3 nitrogen and oxygen atoms in total. The first kappa shape index (κ1) is 28.6. The number of carbonyl (C=O) groups excluding carboxylic acids is 1. The number of rotatable bonds is 11. The molecule has 2 fully saturated rings. The third-order valence-electron chi connectivity index (χ3n) is 9.20. The lowest BCUT2D eigenvalue weighted by molar-refractivity contribution is -0.139. The number of hydrogen-bond acceptors (Lipinski definition) is 3. The van der Waals surface area contributed by atoms with Crippen molar-refractivity contribution >= 4 is 5.97 Å². The summed E-state index contributed by atoms with van der Waals surface area (Å²) in [7, 11) is 0. The van der Waals surface area contributed by atoms with Crippen LogP contribution in [0.3, 0.4) is 0 Å². The molecule has 0 radical (unpaired) electrons. The Labute approximate surface area is 230 Å². The van der Waals surface area contributed by atoms with Crippen molar-refractivity contribution in [2.45, 2.75) is 96.8 Å². The van der Waals surface area contributed by atoms with E-state index in [9.17, 15) is 9.90 Å². The summed E-state index contributed by atoms with van der Waals surface area (Å²) in [6, 6.07) is 16.0. The van der Waals surface area contributed by atoms with E-state index in [2.05, 4.69) is 56.0 Å². The first-order valence-corrected chi connectivity index (χ1v) is 15.1. The molecule has 0 saturated heterocycles. The molecule has 38 heavy (non-hydrogen) atoms. The Morgan fingerprint density at radius 2 is 1.45 bits per heavy atom. The van der Waals surface area contributed by atoms with Crippen LogP contribution in [0.2, 0.25) is 0 Å². The van der Waals surface area contributed by atoms with E-state index in [0.717, 1.165) is 43.4 Å². The molecular weight excluding hydrogens is 468 g/mol. The Morgan fingerprint density at radius 1 is 0.842 bits per heavy atom. The van der Waals surface area contributed by atoms with Gasteiger partial charge in [-0.1, -0.05) is 68.8 Å². The molecule has 2 aliphatic carbocycles. The molecule has 3 heteroatoms. The van der Waals surface area contributed by atoms with Gasteiger partial charge < -0.3 is 9.84 Å². The van der Waals surface area contributed by atoms with Crippen molar-refractivity contribution in [3.05, 3.63) is 71.3 Å². The monoisotopic (exact) mass is 516 g/mol. The number of hydrogen-bond donors (Lipinski definition) is 1. The van der Waals surface area contributed by atoms with Crippen LogP contribution in [-0.4, -0.2) is 24.3 Å². The minimum atomic E-state index is -0.323. The number of aliphatic hydroxyl groups excluding tert-OH is 1. The third kappa shape index (κ3) is 7.82. The highest BCUT2D eigenvalue weighted by Gasteiger charge is 2.30. The topological polar surface area (TPSA) is 46.5 Å². The maximum Gasteiger partial charge on any atom is 0.333 e. The van der Waals surface area contributed by atoms with Gasteiger partial charge in [0.05, 0.1) is 6.61 Å². The number of aliphatic hydroxyl groups is 1. The van der Waals surface area contributed by atoms with E-state index in [-0.39, 0.29) is 12.6 Å². The second-order valence-corrected chi connectivity index (χ2v) is 12.1. The number of benzene rings is 2. The van der Waals surface area contributed by atoms with Crippen molar-refractivity contribution in [2.75, 3.05) is 13.2 Å². The standard InChI is InChI=1S/C35H48O3/c1-25(2)35(37)38-23-5-7-33-24-34(21-20-27(33)6-4-22-36)32-18-16-31(17-19-32)30-14-12-29(13-15-30)28-10-8-26(3)9-11-28/h16-21,24,26,28-30,36H,1,4-15,22-23H2,2-3H3. The quantitative estimate of drug-likeness (QED) is 0.185. The molecule has 206 valence electrons. The normalized spacial score (nSPS) is 23.7. The van der Waals surface area contributed by atoms with Crippen molar-refractivity contribution in [1.29, 1.82) is 0 Å². The van der Waals surface area contributed by atoms with Gasteiger partial charge in [-0.15, -0.1) is 0 Å². The van der Waals surface area contributed by atoms with Crippen LogP contribution in [0.4, 0.5) is 0 Å². The largest absolute Gasteiger partial charge is 0.462 e. The van der Waals surface area contributed by atoms with Gasteiger partial charge in [0.1, 0.15) is 0 Å². The van der Waals surface area contributed by atoms with E-state index in [0.29, 0.717) is 18.1 Å². The number of carbonyl (C=O) groups is 1. The highest BCUT2D eigenvalue weighted by Crippen LogP contribution is 2.44. The van der Waals surface area contributed by atoms with Crippen LogP contribution in [0.25, 0.3) is 11.1 Å². The van der Waals surface area contributed by atoms with Crippen molar-refractivity contribution in [1.82, 2.24) is 0 Å². The summed E-state index contributed by atoms with van der Waals surface area (Å²) in [5.74, 6) is 3.28. The van der Waals surface area contributed by atoms with Gasteiger partial charge in [-0.25, -0.2) is 4.79 Å². The summed E-state index contributed by atoms with van der Waals surface area (Å²) >= 11 is 0. The highest BCUT2D eigenvalue weighted by atomic mass is 16.5. The summed E-state index contributed by atoms with van der Waals surface area (Å²) in [5, 5.41) is 9.34. The number of ether oxygens (including phenoxy) is 1. The van der Waals surface area contributed by atoms with Crippen molar-refractivity contribution < 1.29 is 14.6 Å². The predicted octanol–water partition coefficient (Wildman–Crippen LogP) is 8.43. The molecule has 2 saturated carbocycles. The Morgan fingerprint density at radius 3 is 2.08 bits per heavy atom. The van der Waals surface area contributed by atoms with E-state index >= 15 is 0 Å². The van der Waals surface area contributed by atoms with E-state index in [1.165, 1.54) is 79.2 Å². The van der Waals surface area contributed by atoms with E-state index in [1.54, 1.807) is 6.92 Å². The minimum absolute atomic E-state index is 0.195. The Hall–Kier alpha value is -2.39. The molecule has 2 aliphatic rings. The molecule has 0 aromatic heterocycles. The average Bonchev–Trinajstić information content (AvgIpc) is 2.95. The molecule has 1 N–H and O–H groups in total. The molecule has 0 bridgehead atoms. The molecule has 0 amide bonds. The van der Waals surface area contributed by atoms with Gasteiger partial charge in [0, 0.05) is 12.2 Å². The molecular formula is C35H48O3. The fourth-order valence-corrected chi connectivity index (χ4v) is 6.73. The highest BCUT2D eigenvalue weighted by molar-refractivity contribution is 5.86. The lowest BCUT2D eigenvalue weighted by atomic mass is 9.68. The molecule has 0 unspecified atom stereocenters. The molecule has 4 rings (SSSR count). The van der Waals surface area contributed by atoms with Gasteiger partial charge in [0.25, 0.3) is 0 Å². The maximum absolute atomic E-state index is 11.7. The maximum atomic E-state index is 11.7. The van der Waals surface area contributed by atoms with Crippen LogP contribution >= 0.6 is 0 Å². The number of aryl methyl sites for hydroxylation is 2. The molecule has 0 aliphatic heterocycles. The lowest BCUT2D eigenvalue weighted by Gasteiger charge is -2.37. The summed E-state index contributed by atoms with van der Waals surface area (Å²) in [5.41, 5.74) is 6.97. The van der Waals surface area contributed by atoms with Gasteiger partial charge in [-0.05, 0) is 123 Å². The Bertz CT molecular complexity index is 1040. The minimum Gasteiger partial charge on any atom is -0.462 e. The summed E-state index contributed by atoms with van der Waals surface area (Å²) < 4.78 is 5.30. The number of esters is 1. The Balaban J connectivity index is 1.36. The van der Waals surface area contributed by atoms with Crippen molar-refractivity contribution in [3.8, 4) is 11.1 Å². The van der Waals surface area contributed by atoms with Gasteiger partial charge in [-0.2, -0.15) is 0 Å². The third-order valence-corrected chi connectivity index (χ3v) is 9.20. The van der Waals surface area contributed by atoms with Crippen molar-refractivity contribution in [2.24, 2.45) is 17.8 Å². The van der Waals surface area contributed by atoms with E-state index in [4.69, 9.17) is 4.74 Å². The lowest BCUT2D eigenvalue weighted by Crippen LogP contribution is -2.24. The summed E-state index contributed by atoms with van der Waals surface area (Å²) in [6.07, 6.45) is 14.6. The molecule has 0 spiro atoms. The van der Waals surface area contributed by atoms with Gasteiger partial charge in [-0.3, -0.25) is 0 Å². The predicted molar refractivity (Wildman–Crippen MR) is 157 cm³/mol.